The fourth-order valence-corrected chi connectivity index (χ4v) is 1.95. The molecule has 21 heavy (non-hydrogen) atoms. The Morgan fingerprint density at radius 2 is 2.05 bits per heavy atom. The Kier molecular flexibility index (Phi) is 3.57. The maximum Gasteiger partial charge on any atom is 0.218 e. The van der Waals surface area contributed by atoms with E-state index in [2.05, 4.69) is 15.5 Å². The van der Waals surface area contributed by atoms with Gasteiger partial charge in [-0.1, -0.05) is 24.3 Å². The van der Waals surface area contributed by atoms with Crippen LogP contribution in [0, 0.1) is 0 Å². The molecule has 2 heterocycles. The van der Waals surface area contributed by atoms with Crippen LogP contribution in [0.15, 0.2) is 47.1 Å². The van der Waals surface area contributed by atoms with Crippen molar-refractivity contribution in [1.29, 1.82) is 0 Å². The first-order chi connectivity index (χ1) is 10.3. The number of furan rings is 1. The van der Waals surface area contributed by atoms with Crippen LogP contribution in [0.5, 0.6) is 0 Å². The summed E-state index contributed by atoms with van der Waals surface area (Å²) in [7, 11) is 0. The van der Waals surface area contributed by atoms with Gasteiger partial charge in [0.15, 0.2) is 11.5 Å². The van der Waals surface area contributed by atoms with Crippen molar-refractivity contribution in [3.05, 3.63) is 53.8 Å². The van der Waals surface area contributed by atoms with E-state index in [1.165, 1.54) is 0 Å². The maximum absolute atomic E-state index is 11.4. The minimum absolute atomic E-state index is 0.305. The lowest BCUT2D eigenvalue weighted by Gasteiger charge is -2.04. The van der Waals surface area contributed by atoms with Gasteiger partial charge in [0.2, 0.25) is 5.82 Å². The predicted octanol–water partition coefficient (Wildman–Crippen LogP) is 1.16. The van der Waals surface area contributed by atoms with Crippen LogP contribution in [0.25, 0.3) is 11.6 Å². The fourth-order valence-electron chi connectivity index (χ4n) is 1.95. The summed E-state index contributed by atoms with van der Waals surface area (Å²) in [6.07, 6.45) is 1.56. The highest BCUT2D eigenvalue weighted by Gasteiger charge is 2.12. The zero-order chi connectivity index (χ0) is 14.7. The van der Waals surface area contributed by atoms with Crippen molar-refractivity contribution in [3.8, 4) is 11.6 Å². The molecule has 0 aliphatic rings. The van der Waals surface area contributed by atoms with Crippen molar-refractivity contribution in [2.75, 3.05) is 6.61 Å². The molecule has 0 aliphatic carbocycles. The van der Waals surface area contributed by atoms with Gasteiger partial charge >= 0.3 is 0 Å². The van der Waals surface area contributed by atoms with Crippen molar-refractivity contribution >= 4 is 5.78 Å². The summed E-state index contributed by atoms with van der Waals surface area (Å²) in [5, 5.41) is 20.3. The number of aliphatic hydroxyl groups excluding tert-OH is 1. The molecule has 106 valence electrons. The van der Waals surface area contributed by atoms with E-state index in [0.29, 0.717) is 23.7 Å². The van der Waals surface area contributed by atoms with Gasteiger partial charge in [-0.25, -0.2) is 4.68 Å². The molecule has 3 aromatic rings. The smallest absolute Gasteiger partial charge is 0.218 e. The molecule has 0 atom stereocenters. The Morgan fingerprint density at radius 3 is 2.71 bits per heavy atom. The van der Waals surface area contributed by atoms with E-state index in [4.69, 9.17) is 9.52 Å². The lowest BCUT2D eigenvalue weighted by molar-refractivity contribution is 0.0903. The molecule has 0 aliphatic heterocycles. The van der Waals surface area contributed by atoms with Crippen LogP contribution in [0.2, 0.25) is 0 Å². The topological polar surface area (TPSA) is 94.0 Å². The van der Waals surface area contributed by atoms with Crippen LogP contribution in [0.1, 0.15) is 15.9 Å². The summed E-state index contributed by atoms with van der Waals surface area (Å²) in [5.41, 5.74) is 1.41. The first kappa shape index (κ1) is 13.2. The Labute approximate surface area is 119 Å². The van der Waals surface area contributed by atoms with Crippen molar-refractivity contribution in [2.45, 2.75) is 6.54 Å². The van der Waals surface area contributed by atoms with Crippen LogP contribution in [0.3, 0.4) is 0 Å². The number of hydrogen-bond acceptors (Lipinski definition) is 6. The highest BCUT2D eigenvalue weighted by molar-refractivity contribution is 5.96. The monoisotopic (exact) mass is 284 g/mol. The van der Waals surface area contributed by atoms with Crippen molar-refractivity contribution in [3.63, 3.8) is 0 Å². The third-order valence-corrected chi connectivity index (χ3v) is 3.03. The summed E-state index contributed by atoms with van der Waals surface area (Å²) in [5.74, 6) is 0.822. The lowest BCUT2D eigenvalue weighted by atomic mass is 10.1. The number of carbonyl (C=O) groups excluding carboxylic acids is 1. The normalized spacial score (nSPS) is 10.7. The number of Topliss-reactive ketones (excluding diaryl/α,β-unsaturated/α-hetero) is 1. The summed E-state index contributed by atoms with van der Waals surface area (Å²) in [6, 6.07) is 10.5. The molecule has 1 aromatic carbocycles. The molecule has 3 rings (SSSR count). The van der Waals surface area contributed by atoms with Crippen LogP contribution < -0.4 is 0 Å². The van der Waals surface area contributed by atoms with E-state index in [1.54, 1.807) is 47.3 Å². The second-order valence-corrected chi connectivity index (χ2v) is 4.42. The van der Waals surface area contributed by atoms with Crippen molar-refractivity contribution in [1.82, 2.24) is 20.2 Å². The number of nitrogens with zero attached hydrogens (tertiary/aromatic N) is 4. The number of carbonyl (C=O) groups is 1. The minimum atomic E-state index is -0.491. The molecule has 7 nitrogen and oxygen atoms in total. The lowest BCUT2D eigenvalue weighted by Crippen LogP contribution is -2.06. The molecule has 0 bridgehead atoms. The Balaban J connectivity index is 1.82. The zero-order valence-corrected chi connectivity index (χ0v) is 11.0. The number of aromatic nitrogens is 4. The molecule has 0 unspecified atom stereocenters. The number of benzene rings is 1. The standard InChI is InChI=1S/C14H12N4O3/c19-9-12(20)11-5-3-10(4-6-11)8-18-14(15-16-17-18)13-2-1-7-21-13/h1-7,19H,8-9H2. The number of hydrogen-bond donors (Lipinski definition) is 1. The number of tetrazole rings is 1. The molecule has 0 spiro atoms. The summed E-state index contributed by atoms with van der Waals surface area (Å²) in [4.78, 5) is 11.4. The van der Waals surface area contributed by atoms with Gasteiger partial charge in [0.1, 0.15) is 6.61 Å². The number of aliphatic hydroxyl groups is 1. The molecular formula is C14H12N4O3. The highest BCUT2D eigenvalue weighted by Crippen LogP contribution is 2.17. The van der Waals surface area contributed by atoms with Gasteiger partial charge in [-0.2, -0.15) is 0 Å². The van der Waals surface area contributed by atoms with Crippen LogP contribution >= 0.6 is 0 Å². The average Bonchev–Trinajstić information content (AvgIpc) is 3.18. The van der Waals surface area contributed by atoms with Gasteiger partial charge in [-0.15, -0.1) is 5.10 Å². The van der Waals surface area contributed by atoms with Gasteiger partial charge in [-0.3, -0.25) is 4.79 Å². The summed E-state index contributed by atoms with van der Waals surface area (Å²) < 4.78 is 6.90. The molecular weight excluding hydrogens is 272 g/mol. The van der Waals surface area contributed by atoms with E-state index in [-0.39, 0.29) is 5.78 Å². The molecule has 0 fully saturated rings. The third kappa shape index (κ3) is 2.72. The Hall–Kier alpha value is -2.80. The second-order valence-electron chi connectivity index (χ2n) is 4.42. The third-order valence-electron chi connectivity index (χ3n) is 3.03. The summed E-state index contributed by atoms with van der Waals surface area (Å²) >= 11 is 0. The Morgan fingerprint density at radius 1 is 1.24 bits per heavy atom. The fraction of sp³-hybridized carbons (Fsp3) is 0.143. The number of rotatable bonds is 5. The predicted molar refractivity (Wildman–Crippen MR) is 72.5 cm³/mol. The largest absolute Gasteiger partial charge is 0.461 e. The molecule has 2 aromatic heterocycles. The van der Waals surface area contributed by atoms with E-state index in [1.807, 2.05) is 0 Å². The van der Waals surface area contributed by atoms with Gasteiger partial charge in [0.25, 0.3) is 0 Å². The van der Waals surface area contributed by atoms with Gasteiger partial charge in [0.05, 0.1) is 12.8 Å². The highest BCUT2D eigenvalue weighted by atomic mass is 16.3. The van der Waals surface area contributed by atoms with E-state index < -0.39 is 6.61 Å². The molecule has 7 heteroatoms. The maximum atomic E-state index is 11.4. The second kappa shape index (κ2) is 5.68. The molecule has 0 saturated carbocycles. The molecule has 0 saturated heterocycles. The molecule has 0 amide bonds. The number of ketones is 1. The molecule has 0 radical (unpaired) electrons. The van der Waals surface area contributed by atoms with Crippen LogP contribution in [0.4, 0.5) is 0 Å². The summed E-state index contributed by atoms with van der Waals surface area (Å²) in [6.45, 7) is -0.0361. The Bertz CT molecular complexity index is 732. The zero-order valence-electron chi connectivity index (χ0n) is 11.0. The van der Waals surface area contributed by atoms with E-state index >= 15 is 0 Å². The minimum Gasteiger partial charge on any atom is -0.461 e. The first-order valence-electron chi connectivity index (χ1n) is 6.31. The van der Waals surface area contributed by atoms with E-state index in [0.717, 1.165) is 5.56 Å². The van der Waals surface area contributed by atoms with E-state index in [9.17, 15) is 4.79 Å². The quantitative estimate of drug-likeness (QED) is 0.706. The average molecular weight is 284 g/mol. The SMILES string of the molecule is O=C(CO)c1ccc(Cn2nnnc2-c2ccco2)cc1. The van der Waals surface area contributed by atoms with Crippen molar-refractivity contribution < 1.29 is 14.3 Å². The van der Waals surface area contributed by atoms with Gasteiger partial charge < -0.3 is 9.52 Å². The van der Waals surface area contributed by atoms with Gasteiger partial charge in [0, 0.05) is 5.56 Å². The van der Waals surface area contributed by atoms with Crippen LogP contribution in [-0.2, 0) is 6.54 Å². The van der Waals surface area contributed by atoms with Crippen molar-refractivity contribution in [2.24, 2.45) is 0 Å². The van der Waals surface area contributed by atoms with Crippen LogP contribution in [-0.4, -0.2) is 37.7 Å². The molecule has 1 N–H and O–H groups in total. The first-order valence-corrected chi connectivity index (χ1v) is 6.31. The van der Waals surface area contributed by atoms with Gasteiger partial charge in [-0.05, 0) is 28.1 Å².